The normalized spacial score (nSPS) is 13.3. The van der Waals surface area contributed by atoms with Gasteiger partial charge in [-0.05, 0) is 42.1 Å². The molecule has 3 nitrogen and oxygen atoms in total. The number of benzene rings is 1. The Bertz CT molecular complexity index is 509. The van der Waals surface area contributed by atoms with Gasteiger partial charge in [0, 0.05) is 5.57 Å². The minimum absolute atomic E-state index is 0.246. The van der Waals surface area contributed by atoms with Gasteiger partial charge in [0.25, 0.3) is 0 Å². The van der Waals surface area contributed by atoms with Crippen molar-refractivity contribution in [3.8, 4) is 6.07 Å². The van der Waals surface area contributed by atoms with E-state index in [4.69, 9.17) is 5.26 Å². The molecule has 1 rings (SSSR count). The summed E-state index contributed by atoms with van der Waals surface area (Å²) in [5.74, 6) is 0.246. The van der Waals surface area contributed by atoms with Crippen LogP contribution in [-0.4, -0.2) is 0 Å². The van der Waals surface area contributed by atoms with E-state index < -0.39 is 0 Å². The molecule has 0 amide bonds. The molecule has 0 fully saturated rings. The summed E-state index contributed by atoms with van der Waals surface area (Å²) in [6.07, 6.45) is 6.28. The molecular formula is C15H16N2O. The van der Waals surface area contributed by atoms with Crippen molar-refractivity contribution in [3.05, 3.63) is 58.5 Å². The molecule has 92 valence electrons. The number of rotatable bonds is 5. The van der Waals surface area contributed by atoms with Crippen LogP contribution in [0.15, 0.2) is 53.2 Å². The van der Waals surface area contributed by atoms with Gasteiger partial charge in [0.1, 0.15) is 5.69 Å². The van der Waals surface area contributed by atoms with Gasteiger partial charge >= 0.3 is 0 Å². The van der Waals surface area contributed by atoms with E-state index in [0.29, 0.717) is 11.3 Å². The van der Waals surface area contributed by atoms with Gasteiger partial charge in [-0.2, -0.15) is 5.26 Å². The average molecular weight is 240 g/mol. The van der Waals surface area contributed by atoms with E-state index in [1.165, 1.54) is 0 Å². The van der Waals surface area contributed by atoms with E-state index in [1.54, 1.807) is 18.2 Å². The first kappa shape index (κ1) is 13.9. The maximum absolute atomic E-state index is 10.6. The highest BCUT2D eigenvalue weighted by Gasteiger charge is 2.05. The fraction of sp³-hybridized carbons (Fsp3) is 0.267. The van der Waals surface area contributed by atoms with Crippen molar-refractivity contribution in [2.75, 3.05) is 0 Å². The van der Waals surface area contributed by atoms with Crippen molar-refractivity contribution >= 4 is 5.69 Å². The largest absolute Gasteiger partial charge is 0.192 e. The minimum atomic E-state index is 0.246. The molecule has 0 saturated carbocycles. The second-order valence-electron chi connectivity index (χ2n) is 4.12. The molecule has 0 bridgehead atoms. The molecule has 3 heteroatoms. The molecule has 0 heterocycles. The Morgan fingerprint density at radius 3 is 2.83 bits per heavy atom. The molecule has 0 N–H and O–H groups in total. The molecule has 0 unspecified atom stereocenters. The molecule has 0 spiro atoms. The summed E-state index contributed by atoms with van der Waals surface area (Å²) in [5, 5.41) is 11.8. The zero-order valence-electron chi connectivity index (χ0n) is 10.6. The topological polar surface area (TPSA) is 53.2 Å². The number of nitriles is 1. The second-order valence-corrected chi connectivity index (χ2v) is 4.12. The molecule has 1 aromatic rings. The van der Waals surface area contributed by atoms with Gasteiger partial charge in [-0.3, -0.25) is 0 Å². The summed E-state index contributed by atoms with van der Waals surface area (Å²) < 4.78 is 0. The molecule has 0 aliphatic carbocycles. The van der Waals surface area contributed by atoms with E-state index in [0.717, 1.165) is 12.0 Å². The van der Waals surface area contributed by atoms with Crippen LogP contribution in [0.2, 0.25) is 0 Å². The molecule has 0 radical (unpaired) electrons. The molecule has 1 atom stereocenters. The first-order chi connectivity index (χ1) is 8.71. The van der Waals surface area contributed by atoms with E-state index in [9.17, 15) is 4.91 Å². The third kappa shape index (κ3) is 3.99. The van der Waals surface area contributed by atoms with Gasteiger partial charge in [-0.1, -0.05) is 37.3 Å². The second kappa shape index (κ2) is 7.18. The number of nitroso groups, excluding NO2 is 1. The minimum Gasteiger partial charge on any atom is -0.192 e. The van der Waals surface area contributed by atoms with Gasteiger partial charge < -0.3 is 0 Å². The van der Waals surface area contributed by atoms with Gasteiger partial charge in [0.2, 0.25) is 0 Å². The summed E-state index contributed by atoms with van der Waals surface area (Å²) >= 11 is 0. The fourth-order valence-electron chi connectivity index (χ4n) is 1.65. The molecule has 0 aromatic heterocycles. The summed E-state index contributed by atoms with van der Waals surface area (Å²) in [6, 6.07) is 9.41. The number of allylic oxidation sites excluding steroid dienone is 4. The SMILES string of the molecule is C/C=C(C#N)\C=C/[C@@H](C)Cc1ccccc1N=O. The van der Waals surface area contributed by atoms with Crippen molar-refractivity contribution in [1.82, 2.24) is 0 Å². The maximum Gasteiger partial charge on any atom is 0.111 e. The Morgan fingerprint density at radius 2 is 2.22 bits per heavy atom. The summed E-state index contributed by atoms with van der Waals surface area (Å²) in [5.41, 5.74) is 2.07. The fourth-order valence-corrected chi connectivity index (χ4v) is 1.65. The zero-order chi connectivity index (χ0) is 13.4. The first-order valence-electron chi connectivity index (χ1n) is 5.87. The van der Waals surface area contributed by atoms with E-state index in [1.807, 2.05) is 38.1 Å². The van der Waals surface area contributed by atoms with Crippen LogP contribution >= 0.6 is 0 Å². The highest BCUT2D eigenvalue weighted by Crippen LogP contribution is 2.22. The monoisotopic (exact) mass is 240 g/mol. The Morgan fingerprint density at radius 1 is 1.50 bits per heavy atom. The summed E-state index contributed by atoms with van der Waals surface area (Å²) in [7, 11) is 0. The first-order valence-corrected chi connectivity index (χ1v) is 5.87. The van der Waals surface area contributed by atoms with E-state index >= 15 is 0 Å². The number of nitrogens with zero attached hydrogens (tertiary/aromatic N) is 2. The van der Waals surface area contributed by atoms with Gasteiger partial charge in [0.15, 0.2) is 0 Å². The Labute approximate surface area is 107 Å². The third-order valence-corrected chi connectivity index (χ3v) is 2.68. The lowest BCUT2D eigenvalue weighted by Crippen LogP contribution is -1.96. The van der Waals surface area contributed by atoms with Crippen LogP contribution in [-0.2, 0) is 6.42 Å². The lowest BCUT2D eigenvalue weighted by Gasteiger charge is -2.07. The quantitative estimate of drug-likeness (QED) is 0.438. The lowest BCUT2D eigenvalue weighted by molar-refractivity contribution is 0.723. The van der Waals surface area contributed by atoms with Gasteiger partial charge in [0.05, 0.1) is 6.07 Å². The highest BCUT2D eigenvalue weighted by atomic mass is 16.3. The smallest absolute Gasteiger partial charge is 0.111 e. The van der Waals surface area contributed by atoms with Crippen LogP contribution in [0.1, 0.15) is 19.4 Å². The van der Waals surface area contributed by atoms with Crippen LogP contribution in [0.4, 0.5) is 5.69 Å². The van der Waals surface area contributed by atoms with Gasteiger partial charge in [-0.25, -0.2) is 0 Å². The summed E-state index contributed by atoms with van der Waals surface area (Å²) in [4.78, 5) is 10.6. The summed E-state index contributed by atoms with van der Waals surface area (Å²) in [6.45, 7) is 3.88. The van der Waals surface area contributed by atoms with E-state index in [2.05, 4.69) is 11.2 Å². The Hall–Kier alpha value is -2.21. The Kier molecular flexibility index (Phi) is 5.53. The molecule has 0 aliphatic heterocycles. The molecule has 1 aromatic carbocycles. The van der Waals surface area contributed by atoms with Crippen molar-refractivity contribution in [2.45, 2.75) is 20.3 Å². The van der Waals surface area contributed by atoms with Crippen LogP contribution in [0.25, 0.3) is 0 Å². The molecular weight excluding hydrogens is 224 g/mol. The van der Waals surface area contributed by atoms with E-state index in [-0.39, 0.29) is 5.92 Å². The van der Waals surface area contributed by atoms with Crippen molar-refractivity contribution in [2.24, 2.45) is 11.1 Å². The zero-order valence-corrected chi connectivity index (χ0v) is 10.6. The lowest BCUT2D eigenvalue weighted by atomic mass is 9.99. The number of hydrogen-bond donors (Lipinski definition) is 0. The highest BCUT2D eigenvalue weighted by molar-refractivity contribution is 5.45. The maximum atomic E-state index is 10.6. The van der Waals surface area contributed by atoms with Crippen LogP contribution < -0.4 is 0 Å². The van der Waals surface area contributed by atoms with Crippen molar-refractivity contribution in [1.29, 1.82) is 5.26 Å². The average Bonchev–Trinajstić information content (AvgIpc) is 2.40. The standard InChI is InChI=1S/C15H16N2O/c1-3-13(11-16)9-8-12(2)10-14-6-4-5-7-15(14)17-18/h3-9,12H,10H2,1-2H3/b9-8-,13-3+/t12-/m1/s1. The van der Waals surface area contributed by atoms with Crippen LogP contribution in [0, 0.1) is 22.2 Å². The van der Waals surface area contributed by atoms with Gasteiger partial charge in [-0.15, -0.1) is 4.91 Å². The third-order valence-electron chi connectivity index (χ3n) is 2.68. The predicted octanol–water partition coefficient (Wildman–Crippen LogP) is 4.29. The van der Waals surface area contributed by atoms with Crippen molar-refractivity contribution < 1.29 is 0 Å². The molecule has 18 heavy (non-hydrogen) atoms. The Balaban J connectivity index is 2.74. The predicted molar refractivity (Wildman–Crippen MR) is 73.3 cm³/mol. The molecule has 0 aliphatic rings. The van der Waals surface area contributed by atoms with Crippen LogP contribution in [0.3, 0.4) is 0 Å². The van der Waals surface area contributed by atoms with Crippen LogP contribution in [0.5, 0.6) is 0 Å². The van der Waals surface area contributed by atoms with Crippen molar-refractivity contribution in [3.63, 3.8) is 0 Å². The molecule has 0 saturated heterocycles. The number of hydrogen-bond acceptors (Lipinski definition) is 3.